The van der Waals surface area contributed by atoms with Crippen LogP contribution in [0.1, 0.15) is 65.2 Å². The SMILES string of the molecule is C[C@@]12CCC3C(CCC4=C(C#N)C(=O)CC[C@]43C)C1CCC2O. The molecule has 6 atom stereocenters. The normalized spacial score (nSPS) is 49.2. The Morgan fingerprint density at radius 2 is 1.87 bits per heavy atom. The van der Waals surface area contributed by atoms with Gasteiger partial charge in [0, 0.05) is 6.42 Å². The van der Waals surface area contributed by atoms with Crippen molar-refractivity contribution in [1.29, 1.82) is 5.26 Å². The summed E-state index contributed by atoms with van der Waals surface area (Å²) >= 11 is 0. The lowest BCUT2D eigenvalue weighted by Crippen LogP contribution is -2.51. The molecule has 0 heterocycles. The van der Waals surface area contributed by atoms with Gasteiger partial charge >= 0.3 is 0 Å². The lowest BCUT2D eigenvalue weighted by atomic mass is 9.47. The second-order valence-corrected chi connectivity index (χ2v) is 8.86. The molecule has 0 bridgehead atoms. The van der Waals surface area contributed by atoms with Crippen LogP contribution in [0.3, 0.4) is 0 Å². The molecule has 4 aliphatic carbocycles. The van der Waals surface area contributed by atoms with Crippen molar-refractivity contribution in [1.82, 2.24) is 0 Å². The average molecular weight is 313 g/mol. The summed E-state index contributed by atoms with van der Waals surface area (Å²) in [7, 11) is 0. The molecule has 0 radical (unpaired) electrons. The van der Waals surface area contributed by atoms with E-state index in [0.29, 0.717) is 29.7 Å². The first-order valence-corrected chi connectivity index (χ1v) is 9.27. The third-order valence-corrected chi connectivity index (χ3v) is 8.19. The standard InChI is InChI=1S/C20H27NO2/c1-19-10-8-17(22)13(11-21)15(19)4-3-12-14-5-6-18(23)20(14,2)9-7-16(12)19/h12,14,16,18,23H,3-10H2,1-2H3/t12?,14?,16?,18?,19-,20-/m1/s1. The van der Waals surface area contributed by atoms with Crippen LogP contribution in [0, 0.1) is 39.9 Å². The van der Waals surface area contributed by atoms with E-state index < -0.39 is 0 Å². The second-order valence-electron chi connectivity index (χ2n) is 8.86. The minimum Gasteiger partial charge on any atom is -0.393 e. The van der Waals surface area contributed by atoms with Crippen LogP contribution in [0.25, 0.3) is 0 Å². The summed E-state index contributed by atoms with van der Waals surface area (Å²) < 4.78 is 0. The Hall–Kier alpha value is -1.14. The average Bonchev–Trinajstić information content (AvgIpc) is 2.83. The molecule has 3 fully saturated rings. The number of Topliss-reactive ketones (excluding diaryl/α,β-unsaturated/α-hetero) is 1. The van der Waals surface area contributed by atoms with Crippen LogP contribution < -0.4 is 0 Å². The Bertz CT molecular complexity index is 630. The second kappa shape index (κ2) is 4.93. The fourth-order valence-electron chi connectivity index (χ4n) is 6.82. The van der Waals surface area contributed by atoms with Gasteiger partial charge in [-0.2, -0.15) is 5.26 Å². The number of nitriles is 1. The molecular weight excluding hydrogens is 286 g/mol. The molecule has 4 unspecified atom stereocenters. The summed E-state index contributed by atoms with van der Waals surface area (Å²) in [6.07, 6.45) is 7.66. The van der Waals surface area contributed by atoms with E-state index in [9.17, 15) is 15.2 Å². The number of hydrogen-bond acceptors (Lipinski definition) is 3. The maximum Gasteiger partial charge on any atom is 0.173 e. The van der Waals surface area contributed by atoms with Gasteiger partial charge in [0.2, 0.25) is 0 Å². The first-order chi connectivity index (χ1) is 10.9. The van der Waals surface area contributed by atoms with E-state index in [1.54, 1.807) is 0 Å². The van der Waals surface area contributed by atoms with Gasteiger partial charge in [-0.25, -0.2) is 0 Å². The molecule has 0 spiro atoms. The summed E-state index contributed by atoms with van der Waals surface area (Å²) in [5.41, 5.74) is 1.79. The van der Waals surface area contributed by atoms with Crippen molar-refractivity contribution in [2.45, 2.75) is 71.3 Å². The van der Waals surface area contributed by atoms with E-state index >= 15 is 0 Å². The zero-order valence-corrected chi connectivity index (χ0v) is 14.3. The summed E-state index contributed by atoms with van der Waals surface area (Å²) in [6.45, 7) is 4.61. The smallest absolute Gasteiger partial charge is 0.173 e. The van der Waals surface area contributed by atoms with Crippen LogP contribution in [0.2, 0.25) is 0 Å². The highest BCUT2D eigenvalue weighted by atomic mass is 16.3. The van der Waals surface area contributed by atoms with Crippen LogP contribution in [0.5, 0.6) is 0 Å². The van der Waals surface area contributed by atoms with E-state index in [2.05, 4.69) is 19.9 Å². The van der Waals surface area contributed by atoms with Crippen LogP contribution in [0.4, 0.5) is 0 Å². The van der Waals surface area contributed by atoms with Crippen molar-refractivity contribution in [2.75, 3.05) is 0 Å². The highest BCUT2D eigenvalue weighted by molar-refractivity contribution is 6.01. The molecule has 124 valence electrons. The quantitative estimate of drug-likeness (QED) is 0.740. The zero-order chi connectivity index (χ0) is 16.4. The molecule has 0 saturated heterocycles. The predicted octanol–water partition coefficient (Wildman–Crippen LogP) is 3.77. The lowest BCUT2D eigenvalue weighted by molar-refractivity contribution is -0.118. The monoisotopic (exact) mass is 313 g/mol. The number of carbonyl (C=O) groups excluding carboxylic acids is 1. The molecular formula is C20H27NO2. The molecule has 3 heteroatoms. The van der Waals surface area contributed by atoms with Crippen molar-refractivity contribution in [3.63, 3.8) is 0 Å². The Balaban J connectivity index is 1.74. The maximum absolute atomic E-state index is 12.1. The summed E-state index contributed by atoms with van der Waals surface area (Å²) in [6, 6.07) is 2.22. The first kappa shape index (κ1) is 15.4. The molecule has 3 nitrogen and oxygen atoms in total. The molecule has 3 saturated carbocycles. The van der Waals surface area contributed by atoms with Gasteiger partial charge in [-0.3, -0.25) is 4.79 Å². The molecule has 0 aromatic rings. The topological polar surface area (TPSA) is 61.1 Å². The van der Waals surface area contributed by atoms with Gasteiger partial charge in [-0.1, -0.05) is 13.8 Å². The highest BCUT2D eigenvalue weighted by Crippen LogP contribution is 2.65. The molecule has 23 heavy (non-hydrogen) atoms. The van der Waals surface area contributed by atoms with Gasteiger partial charge in [0.05, 0.1) is 11.7 Å². The van der Waals surface area contributed by atoms with E-state index in [1.807, 2.05) is 0 Å². The van der Waals surface area contributed by atoms with Crippen LogP contribution in [-0.2, 0) is 4.79 Å². The van der Waals surface area contributed by atoms with Crippen molar-refractivity contribution in [3.05, 3.63) is 11.1 Å². The Kier molecular flexibility index (Phi) is 3.30. The fourth-order valence-corrected chi connectivity index (χ4v) is 6.82. The molecule has 0 amide bonds. The van der Waals surface area contributed by atoms with E-state index in [-0.39, 0.29) is 22.7 Å². The number of hydrogen-bond donors (Lipinski definition) is 1. The third kappa shape index (κ3) is 1.88. The highest BCUT2D eigenvalue weighted by Gasteiger charge is 2.59. The molecule has 1 N–H and O–H groups in total. The molecule has 0 aromatic heterocycles. The number of aliphatic hydroxyl groups excluding tert-OH is 1. The third-order valence-electron chi connectivity index (χ3n) is 8.19. The van der Waals surface area contributed by atoms with Crippen molar-refractivity contribution >= 4 is 5.78 Å². The number of ketones is 1. The Labute approximate surface area is 138 Å². The molecule has 0 aromatic carbocycles. The summed E-state index contributed by atoms with van der Waals surface area (Å²) in [5.74, 6) is 1.94. The maximum atomic E-state index is 12.1. The molecule has 4 rings (SSSR count). The number of rotatable bonds is 0. The van der Waals surface area contributed by atoms with Crippen molar-refractivity contribution in [3.8, 4) is 6.07 Å². The van der Waals surface area contributed by atoms with Gasteiger partial charge in [0.25, 0.3) is 0 Å². The van der Waals surface area contributed by atoms with E-state index in [0.717, 1.165) is 44.9 Å². The minimum atomic E-state index is -0.138. The van der Waals surface area contributed by atoms with Crippen molar-refractivity contribution in [2.24, 2.45) is 28.6 Å². The van der Waals surface area contributed by atoms with Crippen LogP contribution in [-0.4, -0.2) is 17.0 Å². The van der Waals surface area contributed by atoms with Gasteiger partial charge in [-0.05, 0) is 79.1 Å². The largest absolute Gasteiger partial charge is 0.393 e. The predicted molar refractivity (Wildman–Crippen MR) is 87.3 cm³/mol. The van der Waals surface area contributed by atoms with Gasteiger partial charge < -0.3 is 5.11 Å². The van der Waals surface area contributed by atoms with Gasteiger partial charge in [-0.15, -0.1) is 0 Å². The molecule has 4 aliphatic rings. The molecule has 0 aliphatic heterocycles. The van der Waals surface area contributed by atoms with Crippen LogP contribution in [0.15, 0.2) is 11.1 Å². The zero-order valence-electron chi connectivity index (χ0n) is 14.3. The van der Waals surface area contributed by atoms with Crippen molar-refractivity contribution < 1.29 is 9.90 Å². The lowest BCUT2D eigenvalue weighted by Gasteiger charge is -2.57. The van der Waals surface area contributed by atoms with Gasteiger partial charge in [0.15, 0.2) is 5.78 Å². The van der Waals surface area contributed by atoms with E-state index in [4.69, 9.17) is 0 Å². The summed E-state index contributed by atoms with van der Waals surface area (Å²) in [5, 5.41) is 20.0. The van der Waals surface area contributed by atoms with Gasteiger partial charge in [0.1, 0.15) is 6.07 Å². The summed E-state index contributed by atoms with van der Waals surface area (Å²) in [4.78, 5) is 12.1. The first-order valence-electron chi connectivity index (χ1n) is 9.27. The fraction of sp³-hybridized carbons (Fsp3) is 0.800. The Morgan fingerprint density at radius 3 is 2.61 bits per heavy atom. The number of nitrogens with zero attached hydrogens (tertiary/aromatic N) is 1. The Morgan fingerprint density at radius 1 is 1.09 bits per heavy atom. The number of carbonyl (C=O) groups is 1. The number of fused-ring (bicyclic) bond motifs is 5. The van der Waals surface area contributed by atoms with Crippen LogP contribution >= 0.6 is 0 Å². The minimum absolute atomic E-state index is 0.0385. The number of allylic oxidation sites excluding steroid dienone is 1. The number of aliphatic hydroxyl groups is 1. The van der Waals surface area contributed by atoms with E-state index in [1.165, 1.54) is 5.57 Å².